The molecule has 5 heteroatoms. The molecule has 84 valence electrons. The summed E-state index contributed by atoms with van der Waals surface area (Å²) in [5.74, 6) is 0.0619. The second-order valence-corrected chi connectivity index (χ2v) is 4.95. The Morgan fingerprint density at radius 1 is 1.25 bits per heavy atom. The molecule has 1 aromatic rings. The van der Waals surface area contributed by atoms with Crippen LogP contribution in [-0.2, 0) is 0 Å². The fourth-order valence-corrected chi connectivity index (χ4v) is 2.30. The number of amides is 2. The molecule has 16 heavy (non-hydrogen) atoms. The summed E-state index contributed by atoms with van der Waals surface area (Å²) in [6, 6.07) is 8.48. The number of hydrogen-bond acceptors (Lipinski definition) is 3. The van der Waals surface area contributed by atoms with Crippen LogP contribution in [0.3, 0.4) is 0 Å². The van der Waals surface area contributed by atoms with Crippen LogP contribution in [0, 0.1) is 0 Å². The predicted molar refractivity (Wildman–Crippen MR) is 63.0 cm³/mol. The van der Waals surface area contributed by atoms with Gasteiger partial charge < -0.3 is 5.73 Å². The fraction of sp³-hybridized carbons (Fsp3) is 0.273. The highest BCUT2D eigenvalue weighted by Crippen LogP contribution is 2.49. The van der Waals surface area contributed by atoms with Gasteiger partial charge in [0.25, 0.3) is 0 Å². The zero-order valence-corrected chi connectivity index (χ0v) is 9.42. The van der Waals surface area contributed by atoms with Crippen LogP contribution in [-0.4, -0.2) is 16.6 Å². The number of carbonyl (C=O) groups excluding carboxylic acids is 2. The summed E-state index contributed by atoms with van der Waals surface area (Å²) in [6.07, 6.45) is 1.57. The molecule has 2 amide bonds. The molecule has 0 spiro atoms. The molecule has 2 rings (SSSR count). The highest BCUT2D eigenvalue weighted by molar-refractivity contribution is 8.00. The Hall–Kier alpha value is -1.49. The molecular formula is C11H12N2O2S. The lowest BCUT2D eigenvalue weighted by atomic mass is 10.1. The maximum atomic E-state index is 12.1. The Labute approximate surface area is 97.7 Å². The Morgan fingerprint density at radius 2 is 1.88 bits per heavy atom. The summed E-state index contributed by atoms with van der Waals surface area (Å²) in [5, 5.41) is 0. The number of nitrogens with two attached hydrogens (primary N) is 1. The van der Waals surface area contributed by atoms with Crippen molar-refractivity contribution < 1.29 is 9.59 Å². The number of Topliss-reactive ketones (excluding diaryl/α,β-unsaturated/α-hetero) is 1. The lowest BCUT2D eigenvalue weighted by Gasteiger charge is -2.12. The monoisotopic (exact) mass is 236 g/mol. The van der Waals surface area contributed by atoms with Crippen molar-refractivity contribution >= 4 is 23.8 Å². The van der Waals surface area contributed by atoms with E-state index in [1.165, 1.54) is 0 Å². The van der Waals surface area contributed by atoms with Crippen LogP contribution in [0.25, 0.3) is 0 Å². The molecule has 0 saturated heterocycles. The number of benzene rings is 1. The Bertz CT molecular complexity index is 415. The molecule has 0 bridgehead atoms. The molecule has 1 aliphatic rings. The second kappa shape index (κ2) is 4.17. The molecule has 0 radical (unpaired) electrons. The molecule has 1 fully saturated rings. The Morgan fingerprint density at radius 3 is 2.38 bits per heavy atom. The van der Waals surface area contributed by atoms with Crippen molar-refractivity contribution in [3.63, 3.8) is 0 Å². The van der Waals surface area contributed by atoms with E-state index in [9.17, 15) is 9.59 Å². The summed E-state index contributed by atoms with van der Waals surface area (Å²) in [6.45, 7) is 0. The summed E-state index contributed by atoms with van der Waals surface area (Å²) in [5.41, 5.74) is 5.66. The van der Waals surface area contributed by atoms with Crippen molar-refractivity contribution in [3.05, 3.63) is 35.9 Å². The minimum absolute atomic E-state index is 0.0619. The zero-order valence-electron chi connectivity index (χ0n) is 8.60. The number of carbonyl (C=O) groups is 2. The maximum Gasteiger partial charge on any atom is 0.322 e. The van der Waals surface area contributed by atoms with E-state index in [4.69, 9.17) is 5.73 Å². The first kappa shape index (κ1) is 11.0. The number of hydrogen-bond donors (Lipinski definition) is 2. The van der Waals surface area contributed by atoms with Crippen LogP contribution < -0.4 is 10.5 Å². The average molecular weight is 236 g/mol. The van der Waals surface area contributed by atoms with Gasteiger partial charge in [0.15, 0.2) is 5.78 Å². The first-order valence-electron chi connectivity index (χ1n) is 4.97. The molecule has 3 N–H and O–H groups in total. The molecule has 0 aliphatic heterocycles. The second-order valence-electron chi connectivity index (χ2n) is 3.76. The zero-order chi connectivity index (χ0) is 11.6. The van der Waals surface area contributed by atoms with Gasteiger partial charge in [-0.3, -0.25) is 9.52 Å². The van der Waals surface area contributed by atoms with Crippen molar-refractivity contribution in [1.29, 1.82) is 0 Å². The van der Waals surface area contributed by atoms with Crippen LogP contribution in [0.4, 0.5) is 4.79 Å². The van der Waals surface area contributed by atoms with Gasteiger partial charge in [-0.15, -0.1) is 0 Å². The van der Waals surface area contributed by atoms with E-state index in [-0.39, 0.29) is 5.78 Å². The van der Waals surface area contributed by atoms with Crippen LogP contribution >= 0.6 is 11.9 Å². The first-order valence-corrected chi connectivity index (χ1v) is 5.79. The van der Waals surface area contributed by atoms with E-state index in [1.54, 1.807) is 12.1 Å². The van der Waals surface area contributed by atoms with Gasteiger partial charge in [-0.1, -0.05) is 30.3 Å². The molecule has 1 aliphatic carbocycles. The number of rotatable bonds is 4. The fourth-order valence-electron chi connectivity index (χ4n) is 1.49. The van der Waals surface area contributed by atoms with Crippen LogP contribution in [0.1, 0.15) is 23.2 Å². The molecule has 0 heterocycles. The first-order chi connectivity index (χ1) is 7.64. The Balaban J connectivity index is 2.07. The average Bonchev–Trinajstić information content (AvgIpc) is 3.08. The van der Waals surface area contributed by atoms with Crippen molar-refractivity contribution in [2.45, 2.75) is 17.6 Å². The van der Waals surface area contributed by atoms with Crippen LogP contribution in [0.15, 0.2) is 30.3 Å². The van der Waals surface area contributed by atoms with Crippen molar-refractivity contribution in [1.82, 2.24) is 4.72 Å². The lowest BCUT2D eigenvalue weighted by molar-refractivity contribution is 0.0981. The Kier molecular flexibility index (Phi) is 2.87. The van der Waals surface area contributed by atoms with Crippen molar-refractivity contribution in [2.75, 3.05) is 0 Å². The third-order valence-corrected chi connectivity index (χ3v) is 3.79. The largest absolute Gasteiger partial charge is 0.351 e. The third kappa shape index (κ3) is 2.19. The van der Waals surface area contributed by atoms with Crippen molar-refractivity contribution in [2.24, 2.45) is 5.73 Å². The molecule has 1 saturated carbocycles. The predicted octanol–water partition coefficient (Wildman–Crippen LogP) is 1.72. The highest BCUT2D eigenvalue weighted by Gasteiger charge is 2.51. The summed E-state index contributed by atoms with van der Waals surface area (Å²) in [7, 11) is 0. The van der Waals surface area contributed by atoms with E-state index in [1.807, 2.05) is 18.2 Å². The van der Waals surface area contributed by atoms with E-state index in [2.05, 4.69) is 4.72 Å². The van der Waals surface area contributed by atoms with Crippen LogP contribution in [0.5, 0.6) is 0 Å². The number of nitrogens with one attached hydrogen (secondary N) is 1. The summed E-state index contributed by atoms with van der Waals surface area (Å²) >= 11 is 1.13. The number of urea groups is 1. The molecule has 4 nitrogen and oxygen atoms in total. The van der Waals surface area contributed by atoms with Gasteiger partial charge in [-0.2, -0.15) is 0 Å². The van der Waals surface area contributed by atoms with E-state index >= 15 is 0 Å². The van der Waals surface area contributed by atoms with Gasteiger partial charge in [0.05, 0.1) is 4.75 Å². The van der Waals surface area contributed by atoms with E-state index in [0.717, 1.165) is 24.8 Å². The topological polar surface area (TPSA) is 72.2 Å². The highest BCUT2D eigenvalue weighted by atomic mass is 32.2. The number of ketones is 1. The summed E-state index contributed by atoms with van der Waals surface area (Å²) < 4.78 is 1.94. The van der Waals surface area contributed by atoms with Gasteiger partial charge >= 0.3 is 6.03 Å². The SMILES string of the molecule is NC(=O)NSC1(C(=O)c2ccccc2)CC1. The van der Waals surface area contributed by atoms with Gasteiger partial charge in [0.1, 0.15) is 0 Å². The number of primary amides is 1. The minimum atomic E-state index is -0.614. The molecule has 0 unspecified atom stereocenters. The van der Waals surface area contributed by atoms with Crippen molar-refractivity contribution in [3.8, 4) is 0 Å². The lowest BCUT2D eigenvalue weighted by Crippen LogP contribution is -2.30. The van der Waals surface area contributed by atoms with E-state index < -0.39 is 10.8 Å². The summed E-state index contributed by atoms with van der Waals surface area (Å²) in [4.78, 5) is 22.7. The van der Waals surface area contributed by atoms with Gasteiger partial charge in [0.2, 0.25) is 0 Å². The van der Waals surface area contributed by atoms with Gasteiger partial charge in [-0.05, 0) is 24.8 Å². The normalized spacial score (nSPS) is 16.5. The quantitative estimate of drug-likeness (QED) is 0.617. The standard InChI is InChI=1S/C11H12N2O2S/c12-10(15)13-16-11(6-7-11)9(14)8-4-2-1-3-5-8/h1-5H,6-7H2,(H3,12,13,15). The minimum Gasteiger partial charge on any atom is -0.351 e. The molecule has 0 aromatic heterocycles. The van der Waals surface area contributed by atoms with Gasteiger partial charge in [-0.25, -0.2) is 4.79 Å². The smallest absolute Gasteiger partial charge is 0.322 e. The maximum absolute atomic E-state index is 12.1. The third-order valence-electron chi connectivity index (χ3n) is 2.50. The van der Waals surface area contributed by atoms with Gasteiger partial charge in [0, 0.05) is 5.56 Å². The van der Waals surface area contributed by atoms with Crippen LogP contribution in [0.2, 0.25) is 0 Å². The molecular weight excluding hydrogens is 224 g/mol. The molecule has 1 aromatic carbocycles. The van der Waals surface area contributed by atoms with E-state index in [0.29, 0.717) is 5.56 Å². The molecule has 0 atom stereocenters.